The highest BCUT2D eigenvalue weighted by Gasteiger charge is 2.09. The Balaban J connectivity index is 2.38. The minimum atomic E-state index is -0.250. The highest BCUT2D eigenvalue weighted by molar-refractivity contribution is 6.08. The Morgan fingerprint density at radius 3 is 2.78 bits per heavy atom. The average Bonchev–Trinajstić information content (AvgIpc) is 2.71. The summed E-state index contributed by atoms with van der Waals surface area (Å²) in [6.07, 6.45) is 1.31. The fourth-order valence-electron chi connectivity index (χ4n) is 2.44. The van der Waals surface area contributed by atoms with Crippen LogP contribution in [-0.4, -0.2) is 11.3 Å². The third-order valence-corrected chi connectivity index (χ3v) is 3.41. The first-order chi connectivity index (χ1) is 8.70. The van der Waals surface area contributed by atoms with Gasteiger partial charge in [0, 0.05) is 28.2 Å². The van der Waals surface area contributed by atoms with Gasteiger partial charge in [0.1, 0.15) is 12.1 Å². The summed E-state index contributed by atoms with van der Waals surface area (Å²) >= 11 is 0. The van der Waals surface area contributed by atoms with E-state index in [1.165, 1.54) is 12.1 Å². The Labute approximate surface area is 103 Å². The van der Waals surface area contributed by atoms with E-state index in [2.05, 4.69) is 4.98 Å². The first kappa shape index (κ1) is 11.0. The molecule has 18 heavy (non-hydrogen) atoms. The van der Waals surface area contributed by atoms with Gasteiger partial charge in [-0.3, -0.25) is 0 Å². The van der Waals surface area contributed by atoms with Gasteiger partial charge in [0.05, 0.1) is 0 Å². The van der Waals surface area contributed by atoms with Crippen LogP contribution in [0.15, 0.2) is 30.3 Å². The molecule has 0 amide bonds. The highest BCUT2D eigenvalue weighted by Crippen LogP contribution is 2.29. The third-order valence-electron chi connectivity index (χ3n) is 3.41. The molecule has 0 aliphatic rings. The number of aryl methyl sites for hydroxylation is 1. The summed E-state index contributed by atoms with van der Waals surface area (Å²) in [4.78, 5) is 13.8. The van der Waals surface area contributed by atoms with Crippen molar-refractivity contribution in [3.63, 3.8) is 0 Å². The van der Waals surface area contributed by atoms with Crippen LogP contribution in [0, 0.1) is 12.7 Å². The second-order valence-corrected chi connectivity index (χ2v) is 4.46. The van der Waals surface area contributed by atoms with Gasteiger partial charge in [-0.25, -0.2) is 4.39 Å². The number of H-pyrrole nitrogens is 1. The number of halogens is 1. The molecule has 0 radical (unpaired) electrons. The largest absolute Gasteiger partial charge is 0.354 e. The predicted molar refractivity (Wildman–Crippen MR) is 70.3 cm³/mol. The topological polar surface area (TPSA) is 32.9 Å². The lowest BCUT2D eigenvalue weighted by molar-refractivity contribution is -0.107. The summed E-state index contributed by atoms with van der Waals surface area (Å²) in [6, 6.07) is 8.68. The number of carbonyl (C=O) groups is 1. The first-order valence-corrected chi connectivity index (χ1v) is 5.84. The smallest absolute Gasteiger partial charge is 0.125 e. The lowest BCUT2D eigenvalue weighted by Gasteiger charge is -2.03. The van der Waals surface area contributed by atoms with E-state index in [9.17, 15) is 9.18 Å². The van der Waals surface area contributed by atoms with E-state index >= 15 is 0 Å². The van der Waals surface area contributed by atoms with Crippen molar-refractivity contribution < 1.29 is 9.18 Å². The van der Waals surface area contributed by atoms with Crippen molar-refractivity contribution in [3.8, 4) is 0 Å². The standard InChI is InChI=1S/C15H12FNO/c1-9-10(6-7-18)2-4-13-12-5-3-11(16)8-14(12)17-15(9)13/h2-5,7-8,17H,6H2,1H3. The van der Waals surface area contributed by atoms with E-state index < -0.39 is 0 Å². The summed E-state index contributed by atoms with van der Waals surface area (Å²) in [5, 5.41) is 2.07. The number of carbonyl (C=O) groups excluding carboxylic acids is 1. The van der Waals surface area contributed by atoms with Crippen molar-refractivity contribution >= 4 is 28.1 Å². The number of nitrogens with one attached hydrogen (secondary N) is 1. The Hall–Kier alpha value is -2.16. The summed E-state index contributed by atoms with van der Waals surface area (Å²) in [7, 11) is 0. The lowest BCUT2D eigenvalue weighted by atomic mass is 10.0. The fourth-order valence-corrected chi connectivity index (χ4v) is 2.44. The fraction of sp³-hybridized carbons (Fsp3) is 0.133. The van der Waals surface area contributed by atoms with Crippen LogP contribution in [-0.2, 0) is 11.2 Å². The third kappa shape index (κ3) is 1.51. The van der Waals surface area contributed by atoms with Crippen molar-refractivity contribution in [1.82, 2.24) is 4.98 Å². The van der Waals surface area contributed by atoms with E-state index in [4.69, 9.17) is 0 Å². The van der Waals surface area contributed by atoms with Gasteiger partial charge in [0.2, 0.25) is 0 Å². The van der Waals surface area contributed by atoms with Crippen molar-refractivity contribution in [2.45, 2.75) is 13.3 Å². The molecule has 1 N–H and O–H groups in total. The molecule has 2 aromatic carbocycles. The summed E-state index contributed by atoms with van der Waals surface area (Å²) < 4.78 is 13.2. The zero-order valence-corrected chi connectivity index (χ0v) is 9.96. The lowest BCUT2D eigenvalue weighted by Crippen LogP contribution is -1.91. The summed E-state index contributed by atoms with van der Waals surface area (Å²) in [5.74, 6) is -0.250. The van der Waals surface area contributed by atoms with E-state index in [-0.39, 0.29) is 5.82 Å². The molecule has 0 aliphatic carbocycles. The zero-order valence-electron chi connectivity index (χ0n) is 9.96. The van der Waals surface area contributed by atoms with E-state index in [0.717, 1.165) is 39.2 Å². The maximum absolute atomic E-state index is 13.2. The first-order valence-electron chi connectivity index (χ1n) is 5.84. The number of benzene rings is 2. The van der Waals surface area contributed by atoms with Crippen LogP contribution >= 0.6 is 0 Å². The predicted octanol–water partition coefficient (Wildman–Crippen LogP) is 3.51. The quantitative estimate of drug-likeness (QED) is 0.684. The molecule has 2 nitrogen and oxygen atoms in total. The molecule has 0 bridgehead atoms. The molecule has 3 heteroatoms. The number of fused-ring (bicyclic) bond motifs is 3. The normalized spacial score (nSPS) is 11.2. The molecule has 0 saturated heterocycles. The van der Waals surface area contributed by atoms with Crippen LogP contribution in [0.1, 0.15) is 11.1 Å². The zero-order chi connectivity index (χ0) is 12.7. The van der Waals surface area contributed by atoms with Crippen LogP contribution in [0.25, 0.3) is 21.8 Å². The van der Waals surface area contributed by atoms with Gasteiger partial charge in [0.15, 0.2) is 0 Å². The Kier molecular flexibility index (Phi) is 2.40. The number of hydrogen-bond donors (Lipinski definition) is 1. The molecule has 1 heterocycles. The highest BCUT2D eigenvalue weighted by atomic mass is 19.1. The van der Waals surface area contributed by atoms with Gasteiger partial charge in [0.25, 0.3) is 0 Å². The number of hydrogen-bond acceptors (Lipinski definition) is 1. The van der Waals surface area contributed by atoms with Crippen LogP contribution in [0.5, 0.6) is 0 Å². The van der Waals surface area contributed by atoms with Crippen molar-refractivity contribution in [3.05, 3.63) is 47.3 Å². The molecule has 1 aromatic heterocycles. The molecule has 0 fully saturated rings. The van der Waals surface area contributed by atoms with Gasteiger partial charge in [-0.05, 0) is 36.2 Å². The molecule has 0 saturated carbocycles. The second kappa shape index (κ2) is 3.95. The van der Waals surface area contributed by atoms with Crippen LogP contribution in [0.2, 0.25) is 0 Å². The number of aldehydes is 1. The number of aromatic amines is 1. The van der Waals surface area contributed by atoms with Crippen LogP contribution < -0.4 is 0 Å². The van der Waals surface area contributed by atoms with Crippen molar-refractivity contribution in [1.29, 1.82) is 0 Å². The van der Waals surface area contributed by atoms with Crippen LogP contribution in [0.3, 0.4) is 0 Å². The Morgan fingerprint density at radius 2 is 2.00 bits per heavy atom. The van der Waals surface area contributed by atoms with Gasteiger partial charge < -0.3 is 9.78 Å². The van der Waals surface area contributed by atoms with Gasteiger partial charge in [-0.1, -0.05) is 12.1 Å². The summed E-state index contributed by atoms with van der Waals surface area (Å²) in [6.45, 7) is 1.98. The summed E-state index contributed by atoms with van der Waals surface area (Å²) in [5.41, 5.74) is 3.83. The number of rotatable bonds is 2. The molecule has 0 atom stereocenters. The molecule has 0 unspecified atom stereocenters. The van der Waals surface area contributed by atoms with Gasteiger partial charge in [-0.15, -0.1) is 0 Å². The minimum Gasteiger partial charge on any atom is -0.354 e. The van der Waals surface area contributed by atoms with Gasteiger partial charge in [-0.2, -0.15) is 0 Å². The Bertz CT molecular complexity index is 758. The SMILES string of the molecule is Cc1c(CC=O)ccc2c1[nH]c1cc(F)ccc12. The Morgan fingerprint density at radius 1 is 1.22 bits per heavy atom. The van der Waals surface area contributed by atoms with Crippen molar-refractivity contribution in [2.24, 2.45) is 0 Å². The maximum Gasteiger partial charge on any atom is 0.125 e. The molecule has 3 aromatic rings. The maximum atomic E-state index is 13.2. The van der Waals surface area contributed by atoms with Crippen molar-refractivity contribution in [2.75, 3.05) is 0 Å². The molecule has 0 aliphatic heterocycles. The van der Waals surface area contributed by atoms with Crippen LogP contribution in [0.4, 0.5) is 4.39 Å². The minimum absolute atomic E-state index is 0.250. The van der Waals surface area contributed by atoms with E-state index in [0.29, 0.717) is 6.42 Å². The molecule has 90 valence electrons. The monoisotopic (exact) mass is 241 g/mol. The average molecular weight is 241 g/mol. The van der Waals surface area contributed by atoms with Gasteiger partial charge >= 0.3 is 0 Å². The number of aromatic nitrogens is 1. The molecule has 3 rings (SSSR count). The second-order valence-electron chi connectivity index (χ2n) is 4.46. The molecular formula is C15H12FNO. The van der Waals surface area contributed by atoms with E-state index in [1.54, 1.807) is 6.07 Å². The van der Waals surface area contributed by atoms with E-state index in [1.807, 2.05) is 19.1 Å². The molecule has 0 spiro atoms. The molecular weight excluding hydrogens is 229 g/mol.